The van der Waals surface area contributed by atoms with Crippen molar-refractivity contribution >= 4 is 0 Å². The Morgan fingerprint density at radius 1 is 1.00 bits per heavy atom. The molecule has 0 rings (SSSR count). The van der Waals surface area contributed by atoms with E-state index in [2.05, 4.69) is 0 Å². The van der Waals surface area contributed by atoms with Crippen LogP contribution in [0.25, 0.3) is 0 Å². The monoisotopic (exact) mass is 227 g/mol. The van der Waals surface area contributed by atoms with E-state index in [0.717, 1.165) is 7.11 Å². The SMILES string of the molecule is C[O-].[Cl-].[Cl-].[Cu+2].[Cu+]. The molecule has 49 valence electrons. The van der Waals surface area contributed by atoms with Crippen molar-refractivity contribution in [3.8, 4) is 0 Å². The molecule has 0 saturated carbocycles. The summed E-state index contributed by atoms with van der Waals surface area (Å²) in [5, 5.41) is 8.25. The van der Waals surface area contributed by atoms with E-state index in [4.69, 9.17) is 5.11 Å². The zero-order valence-electron chi connectivity index (χ0n) is 2.77. The molecule has 0 atom stereocenters. The minimum Gasteiger partial charge on any atom is -1.00 e. The first kappa shape index (κ1) is 49.3. The van der Waals surface area contributed by atoms with Gasteiger partial charge in [-0.3, -0.25) is 0 Å². The van der Waals surface area contributed by atoms with Crippen LogP contribution in [0.2, 0.25) is 0 Å². The van der Waals surface area contributed by atoms with Gasteiger partial charge in [0.25, 0.3) is 0 Å². The smallest absolute Gasteiger partial charge is 1.00 e. The second-order valence-electron chi connectivity index (χ2n) is 0. The van der Waals surface area contributed by atoms with E-state index in [0.29, 0.717) is 0 Å². The van der Waals surface area contributed by atoms with Crippen LogP contribution in [0.3, 0.4) is 0 Å². The summed E-state index contributed by atoms with van der Waals surface area (Å²) in [4.78, 5) is 0. The van der Waals surface area contributed by atoms with Gasteiger partial charge in [-0.2, -0.15) is 7.11 Å². The van der Waals surface area contributed by atoms with Crippen LogP contribution in [0, 0.1) is 0 Å². The molecule has 1 nitrogen and oxygen atoms in total. The molecule has 0 heterocycles. The first-order valence-corrected chi connectivity index (χ1v) is 0.408. The summed E-state index contributed by atoms with van der Waals surface area (Å²) in [5.74, 6) is 0. The average Bonchev–Trinajstić information content (AvgIpc) is 1.00. The Morgan fingerprint density at radius 3 is 1.00 bits per heavy atom. The first-order chi connectivity index (χ1) is 1.00. The molecule has 0 bridgehead atoms. The Balaban J connectivity index is -0.000000000833. The van der Waals surface area contributed by atoms with Crippen molar-refractivity contribution in [1.82, 2.24) is 0 Å². The van der Waals surface area contributed by atoms with E-state index >= 15 is 0 Å². The van der Waals surface area contributed by atoms with E-state index in [1.165, 1.54) is 0 Å². The second kappa shape index (κ2) is 82.1. The summed E-state index contributed by atoms with van der Waals surface area (Å²) < 4.78 is 0. The van der Waals surface area contributed by atoms with Crippen LogP contribution in [-0.2, 0) is 34.1 Å². The van der Waals surface area contributed by atoms with Crippen molar-refractivity contribution in [2.24, 2.45) is 0 Å². The van der Waals surface area contributed by atoms with Crippen LogP contribution >= 0.6 is 0 Å². The Labute approximate surface area is 71.0 Å². The molecule has 5 heteroatoms. The molecule has 0 N–H and O–H groups in total. The zero-order chi connectivity index (χ0) is 2.00. The summed E-state index contributed by atoms with van der Waals surface area (Å²) in [6.07, 6.45) is 0. The van der Waals surface area contributed by atoms with Crippen LogP contribution in [-0.4, -0.2) is 7.11 Å². The molecule has 0 saturated heterocycles. The normalized spacial score (nSPS) is 1.00. The van der Waals surface area contributed by atoms with Gasteiger partial charge in [0.1, 0.15) is 0 Å². The molecule has 6 heavy (non-hydrogen) atoms. The maximum Gasteiger partial charge on any atom is 2.00 e. The van der Waals surface area contributed by atoms with E-state index in [9.17, 15) is 0 Å². The molecule has 0 amide bonds. The van der Waals surface area contributed by atoms with Gasteiger partial charge in [0.05, 0.1) is 0 Å². The maximum absolute atomic E-state index is 8.25. The number of hydrogen-bond donors (Lipinski definition) is 0. The molecular formula is CH3Cl2Cu2O. The van der Waals surface area contributed by atoms with Gasteiger partial charge in [-0.05, 0) is 0 Å². The van der Waals surface area contributed by atoms with Gasteiger partial charge in [0.15, 0.2) is 0 Å². The van der Waals surface area contributed by atoms with E-state index in [1.807, 2.05) is 0 Å². The molecule has 0 aromatic heterocycles. The quantitative estimate of drug-likeness (QED) is 0.378. The Kier molecular flexibility index (Phi) is 675. The molecule has 0 aliphatic rings. The van der Waals surface area contributed by atoms with Gasteiger partial charge in [-0.1, -0.05) is 0 Å². The van der Waals surface area contributed by atoms with Crippen LogP contribution in [0.1, 0.15) is 0 Å². The Bertz CT molecular complexity index is 11.5. The van der Waals surface area contributed by atoms with E-state index in [1.54, 1.807) is 0 Å². The minimum atomic E-state index is 0. The van der Waals surface area contributed by atoms with Gasteiger partial charge < -0.3 is 29.9 Å². The number of halogens is 2. The molecule has 0 unspecified atom stereocenters. The molecule has 1 radical (unpaired) electrons. The predicted octanol–water partition coefficient (Wildman–Crippen LogP) is -7.02. The Morgan fingerprint density at radius 2 is 1.00 bits per heavy atom. The third kappa shape index (κ3) is 46.9. The predicted molar refractivity (Wildman–Crippen MR) is 5.92 cm³/mol. The topological polar surface area (TPSA) is 23.1 Å². The average molecular weight is 229 g/mol. The molecule has 0 aromatic carbocycles. The van der Waals surface area contributed by atoms with Crippen LogP contribution < -0.4 is 29.9 Å². The van der Waals surface area contributed by atoms with Gasteiger partial charge in [0, 0.05) is 0 Å². The third-order valence-corrected chi connectivity index (χ3v) is 0. The van der Waals surface area contributed by atoms with E-state index < -0.39 is 0 Å². The third-order valence-electron chi connectivity index (χ3n) is 0. The van der Waals surface area contributed by atoms with Crippen molar-refractivity contribution in [3.05, 3.63) is 0 Å². The van der Waals surface area contributed by atoms with Crippen molar-refractivity contribution in [1.29, 1.82) is 0 Å². The standard InChI is InChI=1S/CH3O.2ClH.2Cu/c1-2;;;;/h1H3;2*1H;;/q-1;;;+1;+2/p-2. The van der Waals surface area contributed by atoms with Crippen molar-refractivity contribution < 1.29 is 64.1 Å². The second-order valence-corrected chi connectivity index (χ2v) is 0. The van der Waals surface area contributed by atoms with E-state index in [-0.39, 0.29) is 59.0 Å². The summed E-state index contributed by atoms with van der Waals surface area (Å²) >= 11 is 0. The molecule has 0 aliphatic carbocycles. The summed E-state index contributed by atoms with van der Waals surface area (Å²) in [6.45, 7) is 0. The fraction of sp³-hybridized carbons (Fsp3) is 1.00. The van der Waals surface area contributed by atoms with Gasteiger partial charge in [-0.25, -0.2) is 0 Å². The van der Waals surface area contributed by atoms with Crippen LogP contribution in [0.5, 0.6) is 0 Å². The van der Waals surface area contributed by atoms with Crippen LogP contribution in [0.4, 0.5) is 0 Å². The van der Waals surface area contributed by atoms with Crippen molar-refractivity contribution in [2.45, 2.75) is 0 Å². The maximum atomic E-state index is 8.25. The molecule has 0 aliphatic heterocycles. The first-order valence-electron chi connectivity index (χ1n) is 0.408. The van der Waals surface area contributed by atoms with Gasteiger partial charge in [-0.15, -0.1) is 0 Å². The molecule has 0 spiro atoms. The zero-order valence-corrected chi connectivity index (χ0v) is 6.16. The van der Waals surface area contributed by atoms with Crippen LogP contribution in [0.15, 0.2) is 0 Å². The largest absolute Gasteiger partial charge is 2.00 e. The van der Waals surface area contributed by atoms with Crippen molar-refractivity contribution in [3.63, 3.8) is 0 Å². The van der Waals surface area contributed by atoms with Crippen molar-refractivity contribution in [2.75, 3.05) is 7.11 Å². The summed E-state index contributed by atoms with van der Waals surface area (Å²) in [5.41, 5.74) is 0. The fourth-order valence-electron chi connectivity index (χ4n) is 0. The molecular weight excluding hydrogens is 226 g/mol. The summed E-state index contributed by atoms with van der Waals surface area (Å²) in [7, 11) is 0.750. The molecule has 0 fully saturated rings. The summed E-state index contributed by atoms with van der Waals surface area (Å²) in [6, 6.07) is 0. The van der Waals surface area contributed by atoms with Gasteiger partial charge >= 0.3 is 34.1 Å². The fourth-order valence-corrected chi connectivity index (χ4v) is 0. The van der Waals surface area contributed by atoms with Gasteiger partial charge in [0.2, 0.25) is 0 Å². The number of rotatable bonds is 0. The minimum absolute atomic E-state index is 0. The Hall–Kier alpha value is 1.58. The number of hydrogen-bond acceptors (Lipinski definition) is 1. The molecule has 0 aromatic rings.